The molecule has 27 heavy (non-hydrogen) atoms. The maximum Gasteiger partial charge on any atom is 0.261 e. The van der Waals surface area contributed by atoms with Crippen LogP contribution in [0.25, 0.3) is 10.8 Å². The topological polar surface area (TPSA) is 117 Å². The molecule has 2 aromatic rings. The predicted octanol–water partition coefficient (Wildman–Crippen LogP) is 1.76. The van der Waals surface area contributed by atoms with E-state index in [2.05, 4.69) is 10.3 Å². The van der Waals surface area contributed by atoms with Crippen LogP contribution in [0.4, 0.5) is 0 Å². The molecule has 0 spiro atoms. The lowest BCUT2D eigenvalue weighted by Crippen LogP contribution is -2.41. The van der Waals surface area contributed by atoms with Crippen molar-refractivity contribution in [3.63, 3.8) is 0 Å². The molecule has 1 aliphatic heterocycles. The summed E-state index contributed by atoms with van der Waals surface area (Å²) in [6, 6.07) is 5.08. The van der Waals surface area contributed by atoms with Crippen molar-refractivity contribution < 1.29 is 21.4 Å². The first kappa shape index (κ1) is 22.0. The Bertz CT molecular complexity index is 999. The Hall–Kier alpha value is -1.30. The van der Waals surface area contributed by atoms with Crippen molar-refractivity contribution >= 4 is 42.5 Å². The standard InChI is InChI=1S/C15H18ClN3O2S.CH4O3S/c1-11-8-17-6-3-7-19(11)22(20,21)14-5-2-4-12-9-18-10-13(16)15(12)14;1-5(2,3)4/h2,4-5,9-11,17H,3,6-8H2,1H3;1H3,(H,2,3,4)/t11-;/m1./s1. The molecule has 8 nitrogen and oxygen atoms in total. The van der Waals surface area contributed by atoms with Crippen LogP contribution in [0.3, 0.4) is 0 Å². The minimum atomic E-state index is -3.67. The average molecular weight is 436 g/mol. The van der Waals surface area contributed by atoms with Crippen LogP contribution in [0, 0.1) is 0 Å². The monoisotopic (exact) mass is 435 g/mol. The third-order valence-electron chi connectivity index (χ3n) is 3.95. The van der Waals surface area contributed by atoms with Gasteiger partial charge in [-0.25, -0.2) is 8.42 Å². The third-order valence-corrected chi connectivity index (χ3v) is 6.29. The lowest BCUT2D eigenvalue weighted by atomic mass is 10.2. The molecule has 0 amide bonds. The highest BCUT2D eigenvalue weighted by Gasteiger charge is 2.31. The first-order valence-corrected chi connectivity index (χ1v) is 11.9. The average Bonchev–Trinajstić information content (AvgIpc) is 2.78. The van der Waals surface area contributed by atoms with Gasteiger partial charge in [-0.05, 0) is 26.0 Å². The number of rotatable bonds is 2. The van der Waals surface area contributed by atoms with Crippen LogP contribution >= 0.6 is 11.6 Å². The minimum Gasteiger partial charge on any atom is -0.315 e. The SMILES string of the molecule is CS(=O)(=O)O.C[C@@H]1CNCCCN1S(=O)(=O)c1cccc2cncc(Cl)c12. The summed E-state index contributed by atoms with van der Waals surface area (Å²) in [4.78, 5) is 4.28. The van der Waals surface area contributed by atoms with E-state index in [4.69, 9.17) is 16.2 Å². The van der Waals surface area contributed by atoms with Crippen LogP contribution in [0.1, 0.15) is 13.3 Å². The van der Waals surface area contributed by atoms with Gasteiger partial charge in [0.25, 0.3) is 10.1 Å². The number of halogens is 1. The molecular formula is C16H22ClN3O5S2. The highest BCUT2D eigenvalue weighted by molar-refractivity contribution is 7.89. The number of fused-ring (bicyclic) bond motifs is 1. The maximum atomic E-state index is 13.1. The Balaban J connectivity index is 0.000000465. The van der Waals surface area contributed by atoms with Crippen molar-refractivity contribution in [3.05, 3.63) is 35.6 Å². The van der Waals surface area contributed by atoms with Crippen LogP contribution in [0.15, 0.2) is 35.5 Å². The number of aromatic nitrogens is 1. The summed E-state index contributed by atoms with van der Waals surface area (Å²) in [6.45, 7) is 3.91. The number of pyridine rings is 1. The molecule has 0 saturated carbocycles. The Morgan fingerprint density at radius 2 is 1.93 bits per heavy atom. The van der Waals surface area contributed by atoms with Gasteiger partial charge in [0.05, 0.1) is 16.2 Å². The van der Waals surface area contributed by atoms with Gasteiger partial charge in [0.15, 0.2) is 0 Å². The van der Waals surface area contributed by atoms with E-state index in [1.54, 1.807) is 22.6 Å². The number of nitrogens with zero attached hydrogens (tertiary/aromatic N) is 2. The molecule has 3 rings (SSSR count). The van der Waals surface area contributed by atoms with E-state index in [9.17, 15) is 16.8 Å². The second kappa shape index (κ2) is 8.80. The second-order valence-corrected chi connectivity index (χ2v) is 9.96. The number of nitrogens with one attached hydrogen (secondary N) is 1. The predicted molar refractivity (Wildman–Crippen MR) is 105 cm³/mol. The number of benzene rings is 1. The smallest absolute Gasteiger partial charge is 0.261 e. The normalized spacial score (nSPS) is 19.2. The highest BCUT2D eigenvalue weighted by Crippen LogP contribution is 2.31. The summed E-state index contributed by atoms with van der Waals surface area (Å²) in [5.41, 5.74) is 0. The molecule has 1 fully saturated rings. The van der Waals surface area contributed by atoms with Crippen molar-refractivity contribution in [1.29, 1.82) is 0 Å². The summed E-state index contributed by atoms with van der Waals surface area (Å²) < 4.78 is 53.7. The first-order valence-electron chi connectivity index (χ1n) is 8.19. The summed E-state index contributed by atoms with van der Waals surface area (Å²) >= 11 is 6.22. The summed E-state index contributed by atoms with van der Waals surface area (Å²) in [7, 11) is -7.27. The van der Waals surface area contributed by atoms with Crippen molar-refractivity contribution in [2.75, 3.05) is 25.9 Å². The molecule has 1 aliphatic rings. The second-order valence-electron chi connectivity index (χ2n) is 6.23. The Morgan fingerprint density at radius 3 is 2.59 bits per heavy atom. The molecule has 11 heteroatoms. The molecule has 2 N–H and O–H groups in total. The number of hydrogen-bond acceptors (Lipinski definition) is 6. The fourth-order valence-electron chi connectivity index (χ4n) is 2.85. The van der Waals surface area contributed by atoms with E-state index in [1.807, 2.05) is 13.0 Å². The van der Waals surface area contributed by atoms with E-state index in [0.717, 1.165) is 18.4 Å². The van der Waals surface area contributed by atoms with Crippen LogP contribution in [0.2, 0.25) is 5.02 Å². The molecule has 1 aromatic carbocycles. The van der Waals surface area contributed by atoms with E-state index >= 15 is 0 Å². The molecule has 0 bridgehead atoms. The summed E-state index contributed by atoms with van der Waals surface area (Å²) in [5.74, 6) is 0. The molecule has 150 valence electrons. The molecule has 0 radical (unpaired) electrons. The highest BCUT2D eigenvalue weighted by atomic mass is 35.5. The quantitative estimate of drug-likeness (QED) is 0.690. The van der Waals surface area contributed by atoms with Crippen molar-refractivity contribution in [2.45, 2.75) is 24.3 Å². The Kier molecular flexibility index (Phi) is 7.17. The molecule has 1 saturated heterocycles. The Morgan fingerprint density at radius 1 is 1.26 bits per heavy atom. The van der Waals surface area contributed by atoms with Crippen LogP contribution in [-0.4, -0.2) is 62.6 Å². The van der Waals surface area contributed by atoms with Gasteiger partial charge in [-0.2, -0.15) is 12.7 Å². The lowest BCUT2D eigenvalue weighted by molar-refractivity contribution is 0.354. The van der Waals surface area contributed by atoms with E-state index < -0.39 is 20.1 Å². The van der Waals surface area contributed by atoms with E-state index in [1.165, 1.54) is 6.20 Å². The fraction of sp³-hybridized carbons (Fsp3) is 0.438. The van der Waals surface area contributed by atoms with Gasteiger partial charge in [0.2, 0.25) is 10.0 Å². The number of hydrogen-bond donors (Lipinski definition) is 2. The van der Waals surface area contributed by atoms with Crippen LogP contribution in [-0.2, 0) is 20.1 Å². The van der Waals surface area contributed by atoms with Crippen molar-refractivity contribution in [3.8, 4) is 0 Å². The lowest BCUT2D eigenvalue weighted by Gasteiger charge is -2.26. The zero-order valence-electron chi connectivity index (χ0n) is 15.0. The van der Waals surface area contributed by atoms with Gasteiger partial charge in [0.1, 0.15) is 0 Å². The van der Waals surface area contributed by atoms with Crippen molar-refractivity contribution in [1.82, 2.24) is 14.6 Å². The molecule has 0 aliphatic carbocycles. The zero-order valence-corrected chi connectivity index (χ0v) is 17.4. The largest absolute Gasteiger partial charge is 0.315 e. The Labute approximate surface area is 164 Å². The molecular weight excluding hydrogens is 414 g/mol. The number of sulfonamides is 1. The minimum absolute atomic E-state index is 0.0941. The zero-order chi connectivity index (χ0) is 20.2. The van der Waals surface area contributed by atoms with Gasteiger partial charge in [-0.15, -0.1) is 0 Å². The van der Waals surface area contributed by atoms with Gasteiger partial charge in [-0.3, -0.25) is 9.54 Å². The third kappa shape index (κ3) is 5.84. The summed E-state index contributed by atoms with van der Waals surface area (Å²) in [5, 5.41) is 4.89. The molecule has 1 atom stereocenters. The molecule has 0 unspecified atom stereocenters. The maximum absolute atomic E-state index is 13.1. The van der Waals surface area contributed by atoms with Gasteiger partial charge < -0.3 is 5.32 Å². The van der Waals surface area contributed by atoms with Crippen LogP contribution in [0.5, 0.6) is 0 Å². The van der Waals surface area contributed by atoms with E-state index in [-0.39, 0.29) is 10.9 Å². The van der Waals surface area contributed by atoms with Gasteiger partial charge in [0, 0.05) is 42.3 Å². The summed E-state index contributed by atoms with van der Waals surface area (Å²) in [6.07, 6.45) is 4.63. The molecule has 2 heterocycles. The van der Waals surface area contributed by atoms with Crippen LogP contribution < -0.4 is 5.32 Å². The molecule has 1 aromatic heterocycles. The first-order chi connectivity index (χ1) is 12.5. The van der Waals surface area contributed by atoms with E-state index in [0.29, 0.717) is 29.8 Å². The van der Waals surface area contributed by atoms with Crippen molar-refractivity contribution in [2.24, 2.45) is 0 Å². The van der Waals surface area contributed by atoms with Gasteiger partial charge in [-0.1, -0.05) is 23.7 Å². The fourth-order valence-corrected chi connectivity index (χ4v) is 5.08. The van der Waals surface area contributed by atoms with Gasteiger partial charge >= 0.3 is 0 Å².